The summed E-state index contributed by atoms with van der Waals surface area (Å²) in [6.45, 7) is 4.16. The first kappa shape index (κ1) is 14.0. The van der Waals surface area contributed by atoms with Gasteiger partial charge >= 0.3 is 5.97 Å². The van der Waals surface area contributed by atoms with Crippen LogP contribution in [0.25, 0.3) is 0 Å². The summed E-state index contributed by atoms with van der Waals surface area (Å²) in [7, 11) is 0. The van der Waals surface area contributed by atoms with Gasteiger partial charge in [0.1, 0.15) is 0 Å². The Morgan fingerprint density at radius 3 is 2.65 bits per heavy atom. The second-order valence-corrected chi connectivity index (χ2v) is 4.66. The van der Waals surface area contributed by atoms with Crippen LogP contribution in [0, 0.1) is 14.9 Å². The molecular formula is C13H14INO2. The van der Waals surface area contributed by atoms with E-state index in [0.717, 1.165) is 21.1 Å². The van der Waals surface area contributed by atoms with Gasteiger partial charge in [0.15, 0.2) is 0 Å². The van der Waals surface area contributed by atoms with Gasteiger partial charge in [-0.1, -0.05) is 6.92 Å². The van der Waals surface area contributed by atoms with Crippen LogP contribution in [0.4, 0.5) is 0 Å². The van der Waals surface area contributed by atoms with Crippen LogP contribution >= 0.6 is 22.6 Å². The third-order valence-electron chi connectivity index (χ3n) is 2.47. The molecule has 0 amide bonds. The standard InChI is InChI=1S/C13H14INO2/c1-3-10-11(7-13(16)17-4-2)9(8-15)5-6-12(10)14/h5-6H,3-4,7H2,1-2H3. The van der Waals surface area contributed by atoms with E-state index in [0.29, 0.717) is 12.2 Å². The van der Waals surface area contributed by atoms with Gasteiger partial charge in [-0.15, -0.1) is 0 Å². The average molecular weight is 343 g/mol. The molecule has 0 atom stereocenters. The molecule has 0 N–H and O–H groups in total. The fourth-order valence-corrected chi connectivity index (χ4v) is 2.60. The molecule has 0 aliphatic heterocycles. The van der Waals surface area contributed by atoms with E-state index in [2.05, 4.69) is 28.7 Å². The number of nitriles is 1. The molecule has 1 rings (SSSR count). The first-order valence-electron chi connectivity index (χ1n) is 5.50. The molecule has 0 unspecified atom stereocenters. The number of hydrogen-bond donors (Lipinski definition) is 0. The quantitative estimate of drug-likeness (QED) is 0.624. The molecule has 0 radical (unpaired) electrons. The Morgan fingerprint density at radius 1 is 1.41 bits per heavy atom. The molecule has 0 aliphatic carbocycles. The Bertz CT molecular complexity index is 463. The highest BCUT2D eigenvalue weighted by Crippen LogP contribution is 2.22. The zero-order valence-electron chi connectivity index (χ0n) is 9.92. The summed E-state index contributed by atoms with van der Waals surface area (Å²) in [5.74, 6) is -0.277. The van der Waals surface area contributed by atoms with Crippen molar-refractivity contribution in [2.45, 2.75) is 26.7 Å². The molecule has 90 valence electrons. The highest BCUT2D eigenvalue weighted by molar-refractivity contribution is 14.1. The maximum absolute atomic E-state index is 11.5. The topological polar surface area (TPSA) is 50.1 Å². The summed E-state index contributed by atoms with van der Waals surface area (Å²) >= 11 is 2.23. The predicted molar refractivity (Wildman–Crippen MR) is 73.6 cm³/mol. The number of halogens is 1. The largest absolute Gasteiger partial charge is 0.466 e. The second-order valence-electron chi connectivity index (χ2n) is 3.50. The fourth-order valence-electron chi connectivity index (χ4n) is 1.71. The van der Waals surface area contributed by atoms with E-state index in [1.807, 2.05) is 13.0 Å². The Labute approximate surface area is 115 Å². The van der Waals surface area contributed by atoms with Crippen molar-refractivity contribution in [1.29, 1.82) is 5.26 Å². The van der Waals surface area contributed by atoms with Crippen LogP contribution in [0.3, 0.4) is 0 Å². The van der Waals surface area contributed by atoms with Crippen molar-refractivity contribution in [3.05, 3.63) is 32.4 Å². The lowest BCUT2D eigenvalue weighted by Crippen LogP contribution is -2.11. The van der Waals surface area contributed by atoms with E-state index in [1.165, 1.54) is 0 Å². The van der Waals surface area contributed by atoms with Gasteiger partial charge in [0, 0.05) is 3.57 Å². The molecule has 0 aromatic heterocycles. The first-order valence-corrected chi connectivity index (χ1v) is 6.57. The van der Waals surface area contributed by atoms with Crippen molar-refractivity contribution in [2.24, 2.45) is 0 Å². The molecule has 0 bridgehead atoms. The third-order valence-corrected chi connectivity index (χ3v) is 3.49. The van der Waals surface area contributed by atoms with Crippen molar-refractivity contribution >= 4 is 28.6 Å². The number of benzene rings is 1. The van der Waals surface area contributed by atoms with Crippen LogP contribution in [0.1, 0.15) is 30.5 Å². The summed E-state index contributed by atoms with van der Waals surface area (Å²) in [5, 5.41) is 9.07. The van der Waals surface area contributed by atoms with Crippen molar-refractivity contribution in [2.75, 3.05) is 6.61 Å². The van der Waals surface area contributed by atoms with Gasteiger partial charge in [0.25, 0.3) is 0 Å². The van der Waals surface area contributed by atoms with Crippen LogP contribution in [0.2, 0.25) is 0 Å². The normalized spacial score (nSPS) is 9.76. The molecule has 1 aromatic rings. The molecule has 0 saturated carbocycles. The summed E-state index contributed by atoms with van der Waals surface area (Å²) in [4.78, 5) is 11.5. The van der Waals surface area contributed by atoms with Crippen LogP contribution in [-0.2, 0) is 22.4 Å². The van der Waals surface area contributed by atoms with Gasteiger partial charge in [-0.2, -0.15) is 5.26 Å². The Hall–Kier alpha value is -1.09. The van der Waals surface area contributed by atoms with E-state index in [-0.39, 0.29) is 12.4 Å². The zero-order valence-corrected chi connectivity index (χ0v) is 12.1. The zero-order chi connectivity index (χ0) is 12.8. The molecule has 3 nitrogen and oxygen atoms in total. The predicted octanol–water partition coefficient (Wildman–Crippen LogP) is 2.83. The molecule has 0 aliphatic rings. The maximum atomic E-state index is 11.5. The van der Waals surface area contributed by atoms with Crippen LogP contribution < -0.4 is 0 Å². The minimum absolute atomic E-state index is 0.177. The number of ether oxygens (including phenoxy) is 1. The number of carbonyl (C=O) groups excluding carboxylic acids is 1. The van der Waals surface area contributed by atoms with Gasteiger partial charge in [0.2, 0.25) is 0 Å². The first-order chi connectivity index (χ1) is 8.13. The van der Waals surface area contributed by atoms with Crippen LogP contribution in [0.15, 0.2) is 12.1 Å². The molecule has 0 spiro atoms. The SMILES string of the molecule is CCOC(=O)Cc1c(C#N)ccc(I)c1CC. The molecule has 0 fully saturated rings. The number of rotatable bonds is 4. The second kappa shape index (κ2) is 6.60. The summed E-state index contributed by atoms with van der Waals surface area (Å²) in [6, 6.07) is 5.80. The lowest BCUT2D eigenvalue weighted by atomic mass is 9.97. The van der Waals surface area contributed by atoms with E-state index < -0.39 is 0 Å². The average Bonchev–Trinajstić information content (AvgIpc) is 2.30. The van der Waals surface area contributed by atoms with Gasteiger partial charge in [-0.25, -0.2) is 0 Å². The highest BCUT2D eigenvalue weighted by Gasteiger charge is 2.14. The maximum Gasteiger partial charge on any atom is 0.310 e. The van der Waals surface area contributed by atoms with Crippen molar-refractivity contribution in [3.8, 4) is 6.07 Å². The van der Waals surface area contributed by atoms with Gasteiger partial charge < -0.3 is 4.74 Å². The molecule has 1 aromatic carbocycles. The Kier molecular flexibility index (Phi) is 5.42. The minimum Gasteiger partial charge on any atom is -0.466 e. The lowest BCUT2D eigenvalue weighted by molar-refractivity contribution is -0.142. The molecule has 17 heavy (non-hydrogen) atoms. The van der Waals surface area contributed by atoms with Crippen molar-refractivity contribution < 1.29 is 9.53 Å². The number of hydrogen-bond acceptors (Lipinski definition) is 3. The van der Waals surface area contributed by atoms with Crippen LogP contribution in [-0.4, -0.2) is 12.6 Å². The van der Waals surface area contributed by atoms with Gasteiger partial charge in [-0.05, 0) is 59.2 Å². The fraction of sp³-hybridized carbons (Fsp3) is 0.385. The van der Waals surface area contributed by atoms with E-state index >= 15 is 0 Å². The summed E-state index contributed by atoms with van der Waals surface area (Å²) in [6.07, 6.45) is 0.985. The van der Waals surface area contributed by atoms with Crippen LogP contribution in [0.5, 0.6) is 0 Å². The van der Waals surface area contributed by atoms with Crippen molar-refractivity contribution in [1.82, 2.24) is 0 Å². The highest BCUT2D eigenvalue weighted by atomic mass is 127. The summed E-state index contributed by atoms with van der Waals surface area (Å²) < 4.78 is 6.02. The monoisotopic (exact) mass is 343 g/mol. The van der Waals surface area contributed by atoms with Gasteiger partial charge in [-0.3, -0.25) is 4.79 Å². The number of nitrogens with zero attached hydrogens (tertiary/aromatic N) is 1. The Balaban J connectivity index is 3.15. The smallest absolute Gasteiger partial charge is 0.310 e. The lowest BCUT2D eigenvalue weighted by Gasteiger charge is -2.11. The van der Waals surface area contributed by atoms with Gasteiger partial charge in [0.05, 0.1) is 24.7 Å². The Morgan fingerprint density at radius 2 is 2.12 bits per heavy atom. The third kappa shape index (κ3) is 3.43. The summed E-state index contributed by atoms with van der Waals surface area (Å²) in [5.41, 5.74) is 2.44. The minimum atomic E-state index is -0.277. The molecule has 0 heterocycles. The number of esters is 1. The number of carbonyl (C=O) groups is 1. The van der Waals surface area contributed by atoms with E-state index in [9.17, 15) is 4.79 Å². The van der Waals surface area contributed by atoms with E-state index in [1.54, 1.807) is 13.0 Å². The molecule has 4 heteroatoms. The molecule has 0 saturated heterocycles. The molecular weight excluding hydrogens is 329 g/mol. The van der Waals surface area contributed by atoms with Crippen molar-refractivity contribution in [3.63, 3.8) is 0 Å². The van der Waals surface area contributed by atoms with E-state index in [4.69, 9.17) is 10.00 Å².